The first-order chi connectivity index (χ1) is 13.7. The smallest absolute Gasteiger partial charge is 0.407 e. The topological polar surface area (TPSA) is 64.6 Å². The number of nitrogens with one attached hydrogen (secondary N) is 1. The Morgan fingerprint density at radius 3 is 2.21 bits per heavy atom. The number of carbonyl (C=O) groups is 2. The van der Waals surface area contributed by atoms with Crippen LogP contribution in [0.2, 0.25) is 0 Å². The van der Waals surface area contributed by atoms with E-state index in [9.17, 15) is 9.59 Å². The van der Waals surface area contributed by atoms with E-state index in [0.717, 1.165) is 28.4 Å². The van der Waals surface area contributed by atoms with Crippen molar-refractivity contribution in [3.63, 3.8) is 0 Å². The third kappa shape index (κ3) is 4.66. The van der Waals surface area contributed by atoms with Gasteiger partial charge in [-0.3, -0.25) is 0 Å². The minimum absolute atomic E-state index is 0.00579. The zero-order chi connectivity index (χ0) is 19.9. The van der Waals surface area contributed by atoms with E-state index in [0.29, 0.717) is 6.42 Å². The highest BCUT2D eigenvalue weighted by molar-refractivity contribution is 14.1. The van der Waals surface area contributed by atoms with Crippen LogP contribution in [0.5, 0.6) is 0 Å². The molecular formula is C22H24INO4. The number of hydrogen-bond donors (Lipinski definition) is 1. The first kappa shape index (κ1) is 20.6. The first-order valence-electron chi connectivity index (χ1n) is 9.41. The van der Waals surface area contributed by atoms with Gasteiger partial charge in [0.25, 0.3) is 0 Å². The fourth-order valence-electron chi connectivity index (χ4n) is 3.62. The molecule has 0 radical (unpaired) electrons. The normalized spacial score (nSPS) is 13.4. The van der Waals surface area contributed by atoms with Crippen LogP contribution in [0.4, 0.5) is 4.79 Å². The predicted octanol–water partition coefficient (Wildman–Crippen LogP) is 4.67. The Balaban J connectivity index is 1.64. The van der Waals surface area contributed by atoms with E-state index in [4.69, 9.17) is 9.47 Å². The standard InChI is InChI=1S/C22H24INO4/c1-27-21(25)20(12-6-7-13-23)24-22(26)28-14-19-17-10-4-2-8-15(17)16-9-3-5-11-18(16)19/h2-5,8-11,19-20H,6-7,12-14H2,1H3,(H,24,26)/t20-/m0/s1. The zero-order valence-corrected chi connectivity index (χ0v) is 18.0. The van der Waals surface area contributed by atoms with Gasteiger partial charge in [-0.1, -0.05) is 77.5 Å². The lowest BCUT2D eigenvalue weighted by Gasteiger charge is -2.18. The maximum absolute atomic E-state index is 12.3. The van der Waals surface area contributed by atoms with Crippen molar-refractivity contribution >= 4 is 34.7 Å². The van der Waals surface area contributed by atoms with Crippen molar-refractivity contribution in [2.24, 2.45) is 0 Å². The molecule has 0 aliphatic heterocycles. The second-order valence-corrected chi connectivity index (χ2v) is 7.81. The van der Waals surface area contributed by atoms with Crippen LogP contribution in [0.15, 0.2) is 48.5 Å². The highest BCUT2D eigenvalue weighted by Crippen LogP contribution is 2.44. The molecule has 148 valence electrons. The number of halogens is 1. The molecule has 0 heterocycles. The third-order valence-electron chi connectivity index (χ3n) is 5.00. The summed E-state index contributed by atoms with van der Waals surface area (Å²) in [5, 5.41) is 2.66. The highest BCUT2D eigenvalue weighted by Gasteiger charge is 2.29. The van der Waals surface area contributed by atoms with Gasteiger partial charge in [-0.25, -0.2) is 9.59 Å². The largest absolute Gasteiger partial charge is 0.467 e. The zero-order valence-electron chi connectivity index (χ0n) is 15.8. The van der Waals surface area contributed by atoms with Gasteiger partial charge in [-0.15, -0.1) is 0 Å². The van der Waals surface area contributed by atoms with Crippen molar-refractivity contribution in [2.75, 3.05) is 18.1 Å². The molecule has 1 aliphatic carbocycles. The number of alkyl halides is 1. The van der Waals surface area contributed by atoms with Gasteiger partial charge in [0.05, 0.1) is 7.11 Å². The molecule has 0 aromatic heterocycles. The van der Waals surface area contributed by atoms with Crippen LogP contribution < -0.4 is 5.32 Å². The van der Waals surface area contributed by atoms with Gasteiger partial charge in [0.1, 0.15) is 12.6 Å². The molecule has 0 saturated carbocycles. The number of benzene rings is 2. The number of methoxy groups -OCH3 is 1. The Morgan fingerprint density at radius 2 is 1.64 bits per heavy atom. The minimum atomic E-state index is -0.677. The van der Waals surface area contributed by atoms with Gasteiger partial charge in [-0.2, -0.15) is 0 Å². The van der Waals surface area contributed by atoms with Crippen LogP contribution in [0, 0.1) is 0 Å². The number of fused-ring (bicyclic) bond motifs is 3. The fourth-order valence-corrected chi connectivity index (χ4v) is 4.16. The Labute approximate surface area is 178 Å². The van der Waals surface area contributed by atoms with Crippen LogP contribution in [0.1, 0.15) is 36.3 Å². The maximum atomic E-state index is 12.3. The quantitative estimate of drug-likeness (QED) is 0.251. The Morgan fingerprint density at radius 1 is 1.04 bits per heavy atom. The van der Waals surface area contributed by atoms with Crippen LogP contribution in [0.3, 0.4) is 0 Å². The van der Waals surface area contributed by atoms with Gasteiger partial charge >= 0.3 is 12.1 Å². The number of alkyl carbamates (subject to hydrolysis) is 1. The molecule has 2 aromatic rings. The molecule has 1 N–H and O–H groups in total. The molecule has 28 heavy (non-hydrogen) atoms. The number of hydrogen-bond acceptors (Lipinski definition) is 4. The SMILES string of the molecule is COC(=O)[C@H](CCCCI)NC(=O)OCC1c2ccccc2-c2ccccc21. The van der Waals surface area contributed by atoms with Crippen LogP contribution in [0.25, 0.3) is 11.1 Å². The fraction of sp³-hybridized carbons (Fsp3) is 0.364. The van der Waals surface area contributed by atoms with Crippen molar-refractivity contribution in [2.45, 2.75) is 31.2 Å². The summed E-state index contributed by atoms with van der Waals surface area (Å²) >= 11 is 2.29. The molecule has 6 heteroatoms. The molecule has 5 nitrogen and oxygen atoms in total. The number of carbonyl (C=O) groups excluding carboxylic acids is 2. The van der Waals surface area contributed by atoms with Gasteiger partial charge in [0.2, 0.25) is 0 Å². The van der Waals surface area contributed by atoms with Crippen molar-refractivity contribution in [3.05, 3.63) is 59.7 Å². The number of ether oxygens (including phenoxy) is 2. The molecule has 1 aliphatic rings. The van der Waals surface area contributed by atoms with E-state index in [1.165, 1.54) is 18.2 Å². The molecule has 1 atom stereocenters. The second kappa shape index (κ2) is 9.91. The first-order valence-corrected chi connectivity index (χ1v) is 10.9. The van der Waals surface area contributed by atoms with Gasteiger partial charge in [0.15, 0.2) is 0 Å². The van der Waals surface area contributed by atoms with Crippen molar-refractivity contribution in [1.29, 1.82) is 0 Å². The minimum Gasteiger partial charge on any atom is -0.467 e. The van der Waals surface area contributed by atoms with E-state index in [-0.39, 0.29) is 12.5 Å². The van der Waals surface area contributed by atoms with Crippen molar-refractivity contribution in [1.82, 2.24) is 5.32 Å². The van der Waals surface area contributed by atoms with E-state index in [1.54, 1.807) is 0 Å². The molecule has 0 unspecified atom stereocenters. The summed E-state index contributed by atoms with van der Waals surface area (Å²) in [6, 6.07) is 15.7. The summed E-state index contributed by atoms with van der Waals surface area (Å²) in [6.07, 6.45) is 1.78. The van der Waals surface area contributed by atoms with E-state index in [1.807, 2.05) is 24.3 Å². The second-order valence-electron chi connectivity index (χ2n) is 6.73. The molecule has 3 rings (SSSR count). The Hall–Kier alpha value is -2.09. The average Bonchev–Trinajstić information content (AvgIpc) is 3.05. The highest BCUT2D eigenvalue weighted by atomic mass is 127. The van der Waals surface area contributed by atoms with Gasteiger partial charge in [-0.05, 0) is 39.5 Å². The summed E-state index contributed by atoms with van der Waals surface area (Å²) < 4.78 is 11.3. The number of unbranched alkanes of at least 4 members (excludes halogenated alkanes) is 1. The molecule has 0 saturated heterocycles. The monoisotopic (exact) mass is 493 g/mol. The predicted molar refractivity (Wildman–Crippen MR) is 117 cm³/mol. The lowest BCUT2D eigenvalue weighted by atomic mass is 9.98. The summed E-state index contributed by atoms with van der Waals surface area (Å²) in [5.74, 6) is -0.448. The molecule has 0 spiro atoms. The van der Waals surface area contributed by atoms with E-state index >= 15 is 0 Å². The Bertz CT molecular complexity index is 793. The lowest BCUT2D eigenvalue weighted by Crippen LogP contribution is -2.42. The molecule has 0 bridgehead atoms. The Kier molecular flexibility index (Phi) is 7.30. The van der Waals surface area contributed by atoms with Gasteiger partial charge in [0, 0.05) is 5.92 Å². The van der Waals surface area contributed by atoms with E-state index in [2.05, 4.69) is 52.2 Å². The van der Waals surface area contributed by atoms with Gasteiger partial charge < -0.3 is 14.8 Å². The summed E-state index contributed by atoms with van der Waals surface area (Å²) in [6.45, 7) is 0.224. The number of rotatable bonds is 8. The molecular weight excluding hydrogens is 469 g/mol. The average molecular weight is 493 g/mol. The summed E-state index contributed by atoms with van der Waals surface area (Å²) in [7, 11) is 1.33. The van der Waals surface area contributed by atoms with Crippen LogP contribution >= 0.6 is 22.6 Å². The van der Waals surface area contributed by atoms with Crippen LogP contribution in [-0.2, 0) is 14.3 Å². The van der Waals surface area contributed by atoms with Crippen molar-refractivity contribution in [3.8, 4) is 11.1 Å². The lowest BCUT2D eigenvalue weighted by molar-refractivity contribution is -0.143. The molecule has 1 amide bonds. The maximum Gasteiger partial charge on any atom is 0.407 e. The number of esters is 1. The van der Waals surface area contributed by atoms with Crippen LogP contribution in [-0.4, -0.2) is 36.2 Å². The summed E-state index contributed by atoms with van der Waals surface area (Å²) in [5.41, 5.74) is 4.67. The number of amides is 1. The van der Waals surface area contributed by atoms with Crippen molar-refractivity contribution < 1.29 is 19.1 Å². The molecule has 2 aromatic carbocycles. The summed E-state index contributed by atoms with van der Waals surface area (Å²) in [4.78, 5) is 24.3. The molecule has 0 fully saturated rings. The van der Waals surface area contributed by atoms with E-state index < -0.39 is 18.1 Å². The third-order valence-corrected chi connectivity index (χ3v) is 5.76.